The predicted octanol–water partition coefficient (Wildman–Crippen LogP) is 11.0. The summed E-state index contributed by atoms with van der Waals surface area (Å²) in [5.41, 5.74) is 5.03. The van der Waals surface area contributed by atoms with E-state index in [1.807, 2.05) is 195 Å². The number of carboxylic acids is 1. The molecule has 8 atom stereocenters. The fourth-order valence-corrected chi connectivity index (χ4v) is 13.5. The third kappa shape index (κ3) is 23.7. The Kier molecular flexibility index (Phi) is 29.1. The fraction of sp³-hybridized carbons (Fsp3) is 0.494. The zero-order valence-corrected chi connectivity index (χ0v) is 60.7. The third-order valence-corrected chi connectivity index (χ3v) is 17.9. The first-order chi connectivity index (χ1) is 46.7. The van der Waals surface area contributed by atoms with Crippen LogP contribution in [0.3, 0.4) is 0 Å². The van der Waals surface area contributed by atoms with Crippen molar-refractivity contribution in [2.75, 3.05) is 19.0 Å². The molecule has 21 nitrogen and oxygen atoms in total. The third-order valence-electron chi connectivity index (χ3n) is 16.3. The van der Waals surface area contributed by atoms with Gasteiger partial charge in [0.1, 0.15) is 49.0 Å². The number of carbonyl (C=O) groups is 9. The van der Waals surface area contributed by atoms with Crippen LogP contribution < -0.4 is 37.2 Å². The van der Waals surface area contributed by atoms with Gasteiger partial charge in [-0.2, -0.15) is 0 Å². The second kappa shape index (κ2) is 36.4. The lowest BCUT2D eigenvalue weighted by Gasteiger charge is -2.36. The fourth-order valence-electron chi connectivity index (χ4n) is 12.0. The highest BCUT2D eigenvalue weighted by Gasteiger charge is 2.42. The molecule has 6 rings (SSSR count). The maximum absolute atomic E-state index is 15.3. The number of carbonyl (C=O) groups excluding carboxylic acids is 8. The number of nitrogens with one attached hydrogen (secondary N) is 7. The van der Waals surface area contributed by atoms with Gasteiger partial charge in [0.25, 0.3) is 0 Å². The second-order valence-corrected chi connectivity index (χ2v) is 30.2. The van der Waals surface area contributed by atoms with Crippen LogP contribution in [0.5, 0.6) is 0 Å². The van der Waals surface area contributed by atoms with E-state index in [9.17, 15) is 38.7 Å². The number of fused-ring (bicyclic) bond motifs is 3. The summed E-state index contributed by atoms with van der Waals surface area (Å²) in [5.74, 6) is -7.32. The van der Waals surface area contributed by atoms with Crippen LogP contribution in [0.15, 0.2) is 140 Å². The SMILES string of the molecule is CC(C)C[C@H](NC(=O)[C@H](CSC(c1ccccc1)(c1ccccc1)c1ccccc1)NC(=O)OCC1c2ccccc2-c2ccccc21)C(=O)N[C@@H](CC(C)C)C(=O)N[C@@H](CC(C)C)C(=O)N[C@@H](CC(C)C)C(=O)N[C@H](C(=O)OC[C@H](NC(=O)OC(C)(C)C)C(=O)O)[C@@H](C)OC(C)(C)C. The van der Waals surface area contributed by atoms with Gasteiger partial charge in [0, 0.05) is 11.7 Å². The highest BCUT2D eigenvalue weighted by Crippen LogP contribution is 2.49. The maximum Gasteiger partial charge on any atom is 0.408 e. The number of alkyl carbamates (subject to hydrolysis) is 2. The van der Waals surface area contributed by atoms with E-state index in [1.54, 1.807) is 41.5 Å². The van der Waals surface area contributed by atoms with E-state index in [0.29, 0.717) is 0 Å². The number of hydrogen-bond acceptors (Lipinski definition) is 14. The van der Waals surface area contributed by atoms with Gasteiger partial charge in [-0.15, -0.1) is 11.8 Å². The Labute approximate surface area is 587 Å². The molecular formula is C77H103N7O14S. The van der Waals surface area contributed by atoms with Gasteiger partial charge in [0.05, 0.1) is 16.5 Å². The number of hydrogen-bond donors (Lipinski definition) is 8. The molecule has 22 heteroatoms. The Balaban J connectivity index is 1.26. The zero-order valence-electron chi connectivity index (χ0n) is 59.9. The Morgan fingerprint density at radius 2 is 0.778 bits per heavy atom. The summed E-state index contributed by atoms with van der Waals surface area (Å²) in [5, 5.41) is 29.2. The van der Waals surface area contributed by atoms with Gasteiger partial charge in [-0.05, 0) is 137 Å². The first kappa shape index (κ1) is 79.2. The molecule has 8 N–H and O–H groups in total. The largest absolute Gasteiger partial charge is 0.480 e. The number of benzene rings is 5. The Morgan fingerprint density at radius 1 is 0.424 bits per heavy atom. The molecule has 1 aliphatic rings. The molecular weight excluding hydrogens is 1280 g/mol. The van der Waals surface area contributed by atoms with Crippen LogP contribution in [0.4, 0.5) is 9.59 Å². The van der Waals surface area contributed by atoms with Crippen molar-refractivity contribution in [3.8, 4) is 11.1 Å². The van der Waals surface area contributed by atoms with Crippen molar-refractivity contribution in [3.63, 3.8) is 0 Å². The maximum atomic E-state index is 15.3. The summed E-state index contributed by atoms with van der Waals surface area (Å²) in [6.07, 6.45) is -2.62. The van der Waals surface area contributed by atoms with Crippen molar-refractivity contribution in [1.29, 1.82) is 0 Å². The molecule has 0 spiro atoms. The topological polar surface area (TPSA) is 295 Å². The average molecular weight is 1380 g/mol. The molecule has 0 fully saturated rings. The lowest BCUT2D eigenvalue weighted by atomic mass is 9.84. The summed E-state index contributed by atoms with van der Waals surface area (Å²) in [4.78, 5) is 128. The minimum atomic E-state index is -1.73. The van der Waals surface area contributed by atoms with Crippen LogP contribution in [-0.4, -0.2) is 137 Å². The van der Waals surface area contributed by atoms with Gasteiger partial charge in [0.15, 0.2) is 12.1 Å². The number of rotatable bonds is 34. The molecule has 0 bridgehead atoms. The quantitative estimate of drug-likeness (QED) is 0.0108. The lowest BCUT2D eigenvalue weighted by Crippen LogP contribution is -2.61. The van der Waals surface area contributed by atoms with Crippen LogP contribution >= 0.6 is 11.8 Å². The van der Waals surface area contributed by atoms with Crippen LogP contribution in [-0.2, 0) is 57.3 Å². The average Bonchev–Trinajstić information content (AvgIpc) is 1.48. The summed E-state index contributed by atoms with van der Waals surface area (Å²) < 4.78 is 21.9. The lowest BCUT2D eigenvalue weighted by molar-refractivity contribution is -0.158. The minimum absolute atomic E-state index is 0.0222. The van der Waals surface area contributed by atoms with E-state index in [4.69, 9.17) is 18.9 Å². The molecule has 1 aliphatic carbocycles. The van der Waals surface area contributed by atoms with E-state index >= 15 is 9.59 Å². The smallest absolute Gasteiger partial charge is 0.408 e. The molecule has 7 amide bonds. The standard InChI is InChI=1S/C77H103N7O14S/c1-46(2)39-59(66(85)78-60(40-47(3)4)67(86)80-62(42-49(7)8)69(88)84-65(50(9)97-75(10,11)12)72(92)95-44-63(71(90)91)82-74(94)98-76(13,14)15)79-68(87)61(41-48(5)6)81-70(89)64(83-73(93)96-43-58-56-37-27-25-35-54(56)55-36-26-28-38-57(55)58)45-99-77(51-29-19-16-20-30-51,52-31-21-17-22-32-52)53-33-23-18-24-34-53/h16-38,46-50,58-65H,39-45H2,1-15H3,(H,78,85)(H,79,87)(H,80,86)(H,81,89)(H,82,94)(H,83,93)(H,84,88)(H,90,91)/t50-,59+,60+,61+,62+,63+,64+,65+/m1/s1. The molecule has 0 aromatic heterocycles. The molecule has 5 aromatic rings. The highest BCUT2D eigenvalue weighted by atomic mass is 32.2. The number of amides is 7. The van der Waals surface area contributed by atoms with Crippen molar-refractivity contribution in [2.45, 2.75) is 200 Å². The molecule has 0 heterocycles. The van der Waals surface area contributed by atoms with Crippen molar-refractivity contribution in [3.05, 3.63) is 167 Å². The molecule has 0 saturated heterocycles. The summed E-state index contributed by atoms with van der Waals surface area (Å²) in [7, 11) is 0. The number of ether oxygens (including phenoxy) is 4. The molecule has 99 heavy (non-hydrogen) atoms. The van der Waals surface area contributed by atoms with Crippen LogP contribution in [0.1, 0.15) is 163 Å². The van der Waals surface area contributed by atoms with Crippen molar-refractivity contribution < 1.29 is 67.2 Å². The van der Waals surface area contributed by atoms with Gasteiger partial charge < -0.3 is 61.3 Å². The Hall–Kier alpha value is -8.76. The van der Waals surface area contributed by atoms with E-state index in [0.717, 1.165) is 38.9 Å². The molecule has 0 unspecified atom stereocenters. The highest BCUT2D eigenvalue weighted by molar-refractivity contribution is 8.00. The Bertz CT molecular complexity index is 3380. The molecule has 536 valence electrons. The molecule has 0 aliphatic heterocycles. The van der Waals surface area contributed by atoms with E-state index in [2.05, 4.69) is 37.2 Å². The number of esters is 1. The monoisotopic (exact) mass is 1380 g/mol. The second-order valence-electron chi connectivity index (χ2n) is 29.0. The molecule has 0 radical (unpaired) electrons. The first-order valence-electron chi connectivity index (χ1n) is 34.2. The van der Waals surface area contributed by atoms with Crippen LogP contribution in [0.25, 0.3) is 11.1 Å². The van der Waals surface area contributed by atoms with Crippen molar-refractivity contribution in [2.24, 2.45) is 23.7 Å². The predicted molar refractivity (Wildman–Crippen MR) is 383 cm³/mol. The van der Waals surface area contributed by atoms with Gasteiger partial charge in [0.2, 0.25) is 29.5 Å². The summed E-state index contributed by atoms with van der Waals surface area (Å²) in [6, 6.07) is 36.0. The Morgan fingerprint density at radius 3 is 1.14 bits per heavy atom. The summed E-state index contributed by atoms with van der Waals surface area (Å²) >= 11 is 1.44. The van der Waals surface area contributed by atoms with Crippen LogP contribution in [0, 0.1) is 23.7 Å². The number of aliphatic carboxylic acids is 1. The zero-order chi connectivity index (χ0) is 72.9. The number of carboxylic acid groups (broad SMARTS) is 1. The van der Waals surface area contributed by atoms with Gasteiger partial charge in [-0.3, -0.25) is 24.0 Å². The van der Waals surface area contributed by atoms with Gasteiger partial charge >= 0.3 is 24.1 Å². The van der Waals surface area contributed by atoms with Crippen LogP contribution in [0.2, 0.25) is 0 Å². The van der Waals surface area contributed by atoms with Crippen molar-refractivity contribution in [1.82, 2.24) is 37.2 Å². The normalized spacial score (nSPS) is 14.8. The van der Waals surface area contributed by atoms with E-state index < -0.39 is 125 Å². The number of thioether (sulfide) groups is 1. The minimum Gasteiger partial charge on any atom is -0.480 e. The molecule has 5 aromatic carbocycles. The van der Waals surface area contributed by atoms with Gasteiger partial charge in [-0.25, -0.2) is 19.2 Å². The van der Waals surface area contributed by atoms with Gasteiger partial charge in [-0.1, -0.05) is 195 Å². The van der Waals surface area contributed by atoms with Crippen molar-refractivity contribution >= 4 is 65.4 Å². The van der Waals surface area contributed by atoms with E-state index in [-0.39, 0.29) is 67.6 Å². The first-order valence-corrected chi connectivity index (χ1v) is 35.1. The van der Waals surface area contributed by atoms with E-state index in [1.165, 1.54) is 18.7 Å². The molecule has 0 saturated carbocycles. The summed E-state index contributed by atoms with van der Waals surface area (Å²) in [6.45, 7) is 25.4.